The first-order valence-corrected chi connectivity index (χ1v) is 3.46. The third-order valence-electron chi connectivity index (χ3n) is 1.34. The summed E-state index contributed by atoms with van der Waals surface area (Å²) in [6.07, 6.45) is 0. The summed E-state index contributed by atoms with van der Waals surface area (Å²) in [6.45, 7) is 0. The molecular weight excluding hydrogens is 223 g/mol. The molecule has 0 aliphatic heterocycles. The molecule has 0 saturated carbocycles. The molecule has 0 atom stereocenters. The molecule has 0 radical (unpaired) electrons. The van der Waals surface area contributed by atoms with Gasteiger partial charge in [0.25, 0.3) is 0 Å². The number of phenolic OH excluding ortho intramolecular Hbond substituents is 1. The third-order valence-corrected chi connectivity index (χ3v) is 1.34. The molecule has 1 rings (SSSR count). The highest BCUT2D eigenvalue weighted by Gasteiger charge is 2.19. The molecule has 0 aliphatic carbocycles. The fraction of sp³-hybridized carbons (Fsp3) is 0. The van der Waals surface area contributed by atoms with Crippen LogP contribution in [0.1, 0.15) is 10.4 Å². The highest BCUT2D eigenvalue weighted by molar-refractivity contribution is 6.36. The van der Waals surface area contributed by atoms with Crippen molar-refractivity contribution in [2.75, 3.05) is 0 Å². The molecule has 0 amide bonds. The summed E-state index contributed by atoms with van der Waals surface area (Å²) in [5.74, 6) is -1.26. The van der Waals surface area contributed by atoms with Crippen molar-refractivity contribution in [1.82, 2.24) is 0 Å². The van der Waals surface area contributed by atoms with Gasteiger partial charge < -0.3 is 19.8 Å². The van der Waals surface area contributed by atoms with E-state index >= 15 is 0 Å². The maximum absolute atomic E-state index is 11.0. The Morgan fingerprint density at radius 1 is 1.20 bits per heavy atom. The topological polar surface area (TPSA) is 87.0 Å². The van der Waals surface area contributed by atoms with E-state index in [1.807, 2.05) is 0 Å². The van der Waals surface area contributed by atoms with Gasteiger partial charge in [0, 0.05) is 0 Å². The SMILES string of the molecule is O=C(OB(O)O)c1ccccc1O.[MgH2].[MgH2]. The molecule has 5 nitrogen and oxygen atoms in total. The molecule has 0 spiro atoms. The molecule has 0 aromatic heterocycles. The molecule has 1 aromatic rings. The van der Waals surface area contributed by atoms with E-state index in [2.05, 4.69) is 4.65 Å². The van der Waals surface area contributed by atoms with E-state index in [9.17, 15) is 4.79 Å². The van der Waals surface area contributed by atoms with Crippen LogP contribution >= 0.6 is 0 Å². The summed E-state index contributed by atoms with van der Waals surface area (Å²) in [5.41, 5.74) is -0.115. The van der Waals surface area contributed by atoms with Gasteiger partial charge in [0.05, 0.1) is 5.56 Å². The van der Waals surface area contributed by atoms with Crippen LogP contribution < -0.4 is 0 Å². The van der Waals surface area contributed by atoms with Crippen LogP contribution in [0.4, 0.5) is 0 Å². The first kappa shape index (κ1) is 17.4. The Balaban J connectivity index is 0. The van der Waals surface area contributed by atoms with Crippen molar-refractivity contribution in [3.63, 3.8) is 0 Å². The zero-order valence-corrected chi connectivity index (χ0v) is 6.54. The Kier molecular flexibility index (Phi) is 9.51. The number of phenols is 1. The van der Waals surface area contributed by atoms with Crippen LogP contribution in [-0.2, 0) is 4.65 Å². The quantitative estimate of drug-likeness (QED) is 0.501. The molecule has 0 heterocycles. The van der Waals surface area contributed by atoms with Gasteiger partial charge in [-0.3, -0.25) is 0 Å². The minimum absolute atomic E-state index is 0. The second-order valence-corrected chi connectivity index (χ2v) is 2.25. The van der Waals surface area contributed by atoms with Crippen LogP contribution in [0.2, 0.25) is 0 Å². The van der Waals surface area contributed by atoms with Crippen molar-refractivity contribution in [2.24, 2.45) is 0 Å². The van der Waals surface area contributed by atoms with Crippen LogP contribution in [-0.4, -0.2) is 74.6 Å². The second-order valence-electron chi connectivity index (χ2n) is 2.25. The standard InChI is InChI=1S/C7H7BO5.2Mg.4H/c9-6-4-2-1-3-5(6)7(10)13-8(11)12;;;;;;/h1-4,9,11-12H;;;;;;. The first-order valence-electron chi connectivity index (χ1n) is 3.46. The van der Waals surface area contributed by atoms with Crippen LogP contribution in [0.3, 0.4) is 0 Å². The van der Waals surface area contributed by atoms with Crippen molar-refractivity contribution in [2.45, 2.75) is 0 Å². The minimum Gasteiger partial charge on any atom is -0.507 e. The minimum atomic E-state index is -2.17. The number of carbonyl (C=O) groups excluding carboxylic acids is 1. The Morgan fingerprint density at radius 3 is 2.20 bits per heavy atom. The number of para-hydroxylation sites is 1. The molecule has 15 heavy (non-hydrogen) atoms. The predicted molar refractivity (Wildman–Crippen MR) is 60.8 cm³/mol. The molecule has 0 fully saturated rings. The fourth-order valence-corrected chi connectivity index (χ4v) is 0.805. The van der Waals surface area contributed by atoms with Crippen LogP contribution in [0, 0.1) is 0 Å². The van der Waals surface area contributed by atoms with Gasteiger partial charge in [-0.2, -0.15) is 0 Å². The average Bonchev–Trinajstić information content (AvgIpc) is 2.03. The second kappa shape index (κ2) is 8.19. The Hall–Kier alpha value is 0.00740. The number of hydrogen-bond acceptors (Lipinski definition) is 5. The summed E-state index contributed by atoms with van der Waals surface area (Å²) in [7, 11) is -2.17. The van der Waals surface area contributed by atoms with Crippen molar-refractivity contribution in [3.8, 4) is 5.75 Å². The van der Waals surface area contributed by atoms with E-state index in [1.54, 1.807) is 0 Å². The van der Waals surface area contributed by atoms with E-state index in [4.69, 9.17) is 15.2 Å². The largest absolute Gasteiger partial charge is 0.709 e. The molecule has 1 aromatic carbocycles. The number of rotatable bonds is 2. The van der Waals surface area contributed by atoms with Crippen molar-refractivity contribution >= 4 is 59.4 Å². The van der Waals surface area contributed by atoms with Crippen LogP contribution in [0.5, 0.6) is 5.75 Å². The summed E-state index contributed by atoms with van der Waals surface area (Å²) in [4.78, 5) is 11.0. The molecule has 3 N–H and O–H groups in total. The average molecular weight is 235 g/mol. The zero-order valence-electron chi connectivity index (χ0n) is 6.54. The summed E-state index contributed by atoms with van der Waals surface area (Å²) >= 11 is 0. The number of aromatic hydroxyl groups is 1. The summed E-state index contributed by atoms with van der Waals surface area (Å²) in [6, 6.07) is 5.64. The number of hydrogen-bond donors (Lipinski definition) is 3. The van der Waals surface area contributed by atoms with Gasteiger partial charge in [-0.15, -0.1) is 0 Å². The lowest BCUT2D eigenvalue weighted by Crippen LogP contribution is -2.21. The predicted octanol–water partition coefficient (Wildman–Crippen LogP) is -2.31. The lowest BCUT2D eigenvalue weighted by Gasteiger charge is -2.03. The Morgan fingerprint density at radius 2 is 1.73 bits per heavy atom. The monoisotopic (exact) mass is 234 g/mol. The van der Waals surface area contributed by atoms with Gasteiger partial charge in [-0.25, -0.2) is 4.79 Å². The normalized spacial score (nSPS) is 8.13. The molecular formula is C7H11BMg2O5. The molecule has 0 aliphatic rings. The molecule has 0 saturated heterocycles. The number of carbonyl (C=O) groups is 1. The third kappa shape index (κ3) is 5.59. The van der Waals surface area contributed by atoms with Gasteiger partial charge in [0.1, 0.15) is 5.75 Å². The van der Waals surface area contributed by atoms with E-state index in [1.165, 1.54) is 24.3 Å². The Labute approximate surface area is 119 Å². The molecule has 0 unspecified atom stereocenters. The smallest absolute Gasteiger partial charge is 0.507 e. The molecule has 0 bridgehead atoms. The van der Waals surface area contributed by atoms with Crippen molar-refractivity contribution in [1.29, 1.82) is 0 Å². The van der Waals surface area contributed by atoms with Gasteiger partial charge in [0.2, 0.25) is 0 Å². The van der Waals surface area contributed by atoms with Gasteiger partial charge >= 0.3 is 59.4 Å². The Bertz CT molecular complexity index is 320. The summed E-state index contributed by atoms with van der Waals surface area (Å²) in [5, 5.41) is 25.7. The van der Waals surface area contributed by atoms with Gasteiger partial charge in [0.15, 0.2) is 0 Å². The zero-order chi connectivity index (χ0) is 9.84. The lowest BCUT2D eigenvalue weighted by atomic mass is 10.2. The van der Waals surface area contributed by atoms with Crippen LogP contribution in [0.25, 0.3) is 0 Å². The maximum Gasteiger partial charge on any atom is 0.709 e. The highest BCUT2D eigenvalue weighted by Crippen LogP contribution is 2.16. The first-order chi connectivity index (χ1) is 6.11. The van der Waals surface area contributed by atoms with E-state index < -0.39 is 13.3 Å². The lowest BCUT2D eigenvalue weighted by molar-refractivity contribution is 0.0645. The van der Waals surface area contributed by atoms with E-state index in [-0.39, 0.29) is 57.4 Å². The van der Waals surface area contributed by atoms with E-state index in [0.29, 0.717) is 0 Å². The number of benzene rings is 1. The summed E-state index contributed by atoms with van der Waals surface area (Å²) < 4.78 is 4.03. The molecule has 8 heteroatoms. The van der Waals surface area contributed by atoms with E-state index in [0.717, 1.165) is 0 Å². The highest BCUT2D eigenvalue weighted by atomic mass is 24.3. The molecule has 76 valence electrons. The van der Waals surface area contributed by atoms with Crippen molar-refractivity contribution < 1.29 is 24.6 Å². The van der Waals surface area contributed by atoms with Crippen molar-refractivity contribution in [3.05, 3.63) is 29.8 Å². The fourth-order valence-electron chi connectivity index (χ4n) is 0.805. The van der Waals surface area contributed by atoms with Gasteiger partial charge in [-0.1, -0.05) is 12.1 Å². The van der Waals surface area contributed by atoms with Gasteiger partial charge in [-0.05, 0) is 12.1 Å². The van der Waals surface area contributed by atoms with Crippen LogP contribution in [0.15, 0.2) is 24.3 Å². The maximum atomic E-state index is 11.0.